The molecule has 20 heavy (non-hydrogen) atoms. The highest BCUT2D eigenvalue weighted by Crippen LogP contribution is 2.27. The van der Waals surface area contributed by atoms with Crippen LogP contribution in [0.2, 0.25) is 0 Å². The van der Waals surface area contributed by atoms with Crippen LogP contribution in [-0.2, 0) is 0 Å². The maximum absolute atomic E-state index is 12.1. The van der Waals surface area contributed by atoms with Crippen LogP contribution >= 0.6 is 11.3 Å². The number of benzene rings is 2. The summed E-state index contributed by atoms with van der Waals surface area (Å²) in [4.78, 5) is 16.5. The number of aryl methyl sites for hydroxylation is 1. The van der Waals surface area contributed by atoms with E-state index < -0.39 is 0 Å². The number of fused-ring (bicyclic) bond motifs is 1. The summed E-state index contributed by atoms with van der Waals surface area (Å²) in [6.45, 7) is 1.99. The Bertz CT molecular complexity index is 777. The van der Waals surface area contributed by atoms with Gasteiger partial charge >= 0.3 is 0 Å². The summed E-state index contributed by atoms with van der Waals surface area (Å²) >= 11 is 1.41. The third kappa shape index (κ3) is 2.48. The van der Waals surface area contributed by atoms with Gasteiger partial charge in [0.1, 0.15) is 0 Å². The molecule has 1 aromatic heterocycles. The van der Waals surface area contributed by atoms with Crippen molar-refractivity contribution in [3.63, 3.8) is 0 Å². The van der Waals surface area contributed by atoms with E-state index in [1.807, 2.05) is 31.2 Å². The van der Waals surface area contributed by atoms with Crippen LogP contribution in [0, 0.1) is 6.92 Å². The minimum absolute atomic E-state index is 0.156. The molecule has 5 heteroatoms. The fraction of sp³-hybridized carbons (Fsp3) is 0.0667. The van der Waals surface area contributed by atoms with Crippen LogP contribution in [0.15, 0.2) is 42.5 Å². The number of amides is 1. The van der Waals surface area contributed by atoms with Crippen LogP contribution in [0.3, 0.4) is 0 Å². The third-order valence-corrected chi connectivity index (χ3v) is 3.88. The number of nitrogens with one attached hydrogen (secondary N) is 1. The molecule has 0 unspecified atom stereocenters. The highest BCUT2D eigenvalue weighted by atomic mass is 32.1. The highest BCUT2D eigenvalue weighted by Gasteiger charge is 2.09. The van der Waals surface area contributed by atoms with Gasteiger partial charge in [-0.05, 0) is 37.3 Å². The van der Waals surface area contributed by atoms with Crippen LogP contribution in [0.4, 0.5) is 10.8 Å². The molecule has 0 fully saturated rings. The predicted octanol–water partition coefficient (Wildman–Crippen LogP) is 3.44. The number of anilines is 2. The molecule has 0 atom stereocenters. The lowest BCUT2D eigenvalue weighted by molar-refractivity contribution is 0.102. The van der Waals surface area contributed by atoms with E-state index in [0.29, 0.717) is 16.4 Å². The Morgan fingerprint density at radius 1 is 1.20 bits per heavy atom. The van der Waals surface area contributed by atoms with Crippen molar-refractivity contribution in [3.05, 3.63) is 53.6 Å². The van der Waals surface area contributed by atoms with Gasteiger partial charge in [0, 0.05) is 11.3 Å². The van der Waals surface area contributed by atoms with Gasteiger partial charge in [0.25, 0.3) is 5.91 Å². The van der Waals surface area contributed by atoms with Gasteiger partial charge in [0.15, 0.2) is 5.13 Å². The van der Waals surface area contributed by atoms with Crippen LogP contribution in [0.5, 0.6) is 0 Å². The molecule has 3 N–H and O–H groups in total. The quantitative estimate of drug-likeness (QED) is 0.708. The molecule has 4 nitrogen and oxygen atoms in total. The Morgan fingerprint density at radius 3 is 2.70 bits per heavy atom. The summed E-state index contributed by atoms with van der Waals surface area (Å²) in [6, 6.07) is 12.9. The van der Waals surface area contributed by atoms with Gasteiger partial charge < -0.3 is 5.73 Å². The fourth-order valence-corrected chi connectivity index (χ4v) is 2.78. The maximum atomic E-state index is 12.1. The van der Waals surface area contributed by atoms with Crippen molar-refractivity contribution >= 4 is 38.3 Å². The number of thiazole rings is 1. The van der Waals surface area contributed by atoms with E-state index in [1.54, 1.807) is 18.2 Å². The molecule has 3 aromatic rings. The SMILES string of the molecule is Cc1ccc(C(=O)Nc2nc3ccc(N)cc3s2)cc1. The Hall–Kier alpha value is -2.40. The van der Waals surface area contributed by atoms with E-state index in [4.69, 9.17) is 5.73 Å². The summed E-state index contributed by atoms with van der Waals surface area (Å²) in [7, 11) is 0. The zero-order chi connectivity index (χ0) is 14.1. The van der Waals surface area contributed by atoms with Gasteiger partial charge in [-0.3, -0.25) is 10.1 Å². The molecule has 0 radical (unpaired) electrons. The van der Waals surface area contributed by atoms with E-state index in [-0.39, 0.29) is 5.91 Å². The van der Waals surface area contributed by atoms with Crippen LogP contribution < -0.4 is 11.1 Å². The van der Waals surface area contributed by atoms with Crippen LogP contribution in [-0.4, -0.2) is 10.9 Å². The first-order chi connectivity index (χ1) is 9.61. The van der Waals surface area contributed by atoms with Crippen molar-refractivity contribution < 1.29 is 4.79 Å². The van der Waals surface area contributed by atoms with Crippen molar-refractivity contribution in [2.75, 3.05) is 11.1 Å². The molecule has 2 aromatic carbocycles. The maximum Gasteiger partial charge on any atom is 0.257 e. The van der Waals surface area contributed by atoms with Crippen molar-refractivity contribution in [1.29, 1.82) is 0 Å². The zero-order valence-electron chi connectivity index (χ0n) is 10.9. The second kappa shape index (κ2) is 4.94. The Labute approximate surface area is 120 Å². The Kier molecular flexibility index (Phi) is 3.12. The molecule has 1 heterocycles. The largest absolute Gasteiger partial charge is 0.399 e. The summed E-state index contributed by atoms with van der Waals surface area (Å²) in [6.07, 6.45) is 0. The number of carbonyl (C=O) groups is 1. The first-order valence-corrected chi connectivity index (χ1v) is 6.97. The number of hydrogen-bond donors (Lipinski definition) is 2. The molecule has 0 aliphatic heterocycles. The molecule has 0 saturated carbocycles. The molecular formula is C15H13N3OS. The van der Waals surface area contributed by atoms with Gasteiger partial charge in [-0.1, -0.05) is 29.0 Å². The molecule has 100 valence electrons. The lowest BCUT2D eigenvalue weighted by atomic mass is 10.1. The zero-order valence-corrected chi connectivity index (χ0v) is 11.7. The number of nitrogens with two attached hydrogens (primary N) is 1. The lowest BCUT2D eigenvalue weighted by Gasteiger charge is -2.01. The van der Waals surface area contributed by atoms with Gasteiger partial charge in [0.05, 0.1) is 10.2 Å². The molecule has 3 rings (SSSR count). The molecule has 0 bridgehead atoms. The molecule has 0 saturated heterocycles. The van der Waals surface area contributed by atoms with Gasteiger partial charge in [0.2, 0.25) is 0 Å². The summed E-state index contributed by atoms with van der Waals surface area (Å²) in [5.74, 6) is -0.156. The predicted molar refractivity (Wildman–Crippen MR) is 83.2 cm³/mol. The Morgan fingerprint density at radius 2 is 1.95 bits per heavy atom. The number of aromatic nitrogens is 1. The van der Waals surface area contributed by atoms with E-state index in [2.05, 4.69) is 10.3 Å². The number of nitrogen functional groups attached to an aromatic ring is 1. The first-order valence-electron chi connectivity index (χ1n) is 6.16. The minimum Gasteiger partial charge on any atom is -0.399 e. The lowest BCUT2D eigenvalue weighted by Crippen LogP contribution is -2.11. The van der Waals surface area contributed by atoms with Crippen molar-refractivity contribution in [2.45, 2.75) is 6.92 Å². The minimum atomic E-state index is -0.156. The standard InChI is InChI=1S/C15H13N3OS/c1-9-2-4-10(5-3-9)14(19)18-15-17-12-7-6-11(16)8-13(12)20-15/h2-8H,16H2,1H3,(H,17,18,19). The second-order valence-corrected chi connectivity index (χ2v) is 5.60. The van der Waals surface area contributed by atoms with E-state index in [1.165, 1.54) is 11.3 Å². The van der Waals surface area contributed by atoms with E-state index in [9.17, 15) is 4.79 Å². The van der Waals surface area contributed by atoms with Gasteiger partial charge in [-0.2, -0.15) is 0 Å². The molecule has 0 aliphatic rings. The molecular weight excluding hydrogens is 270 g/mol. The highest BCUT2D eigenvalue weighted by molar-refractivity contribution is 7.22. The normalized spacial score (nSPS) is 10.7. The average Bonchev–Trinajstić information content (AvgIpc) is 2.80. The molecule has 0 spiro atoms. The van der Waals surface area contributed by atoms with E-state index >= 15 is 0 Å². The van der Waals surface area contributed by atoms with E-state index in [0.717, 1.165) is 15.8 Å². The van der Waals surface area contributed by atoms with Crippen LogP contribution in [0.1, 0.15) is 15.9 Å². The number of rotatable bonds is 2. The van der Waals surface area contributed by atoms with Crippen molar-refractivity contribution in [2.24, 2.45) is 0 Å². The molecule has 1 amide bonds. The summed E-state index contributed by atoms with van der Waals surface area (Å²) < 4.78 is 0.962. The number of nitrogens with zero attached hydrogens (tertiary/aromatic N) is 1. The number of carbonyl (C=O) groups excluding carboxylic acids is 1. The van der Waals surface area contributed by atoms with Gasteiger partial charge in [-0.25, -0.2) is 4.98 Å². The first kappa shape index (κ1) is 12.6. The summed E-state index contributed by atoms with van der Waals surface area (Å²) in [5, 5.41) is 3.39. The van der Waals surface area contributed by atoms with Crippen molar-refractivity contribution in [3.8, 4) is 0 Å². The summed E-state index contributed by atoms with van der Waals surface area (Å²) in [5.41, 5.74) is 9.00. The fourth-order valence-electron chi connectivity index (χ4n) is 1.87. The van der Waals surface area contributed by atoms with Gasteiger partial charge in [-0.15, -0.1) is 0 Å². The second-order valence-electron chi connectivity index (χ2n) is 4.57. The third-order valence-electron chi connectivity index (χ3n) is 2.95. The number of hydrogen-bond acceptors (Lipinski definition) is 4. The average molecular weight is 283 g/mol. The monoisotopic (exact) mass is 283 g/mol. The van der Waals surface area contributed by atoms with Crippen LogP contribution in [0.25, 0.3) is 10.2 Å². The topological polar surface area (TPSA) is 68.0 Å². The molecule has 0 aliphatic carbocycles. The Balaban J connectivity index is 1.85. The smallest absolute Gasteiger partial charge is 0.257 e. The van der Waals surface area contributed by atoms with Crippen molar-refractivity contribution in [1.82, 2.24) is 4.98 Å².